The lowest BCUT2D eigenvalue weighted by Gasteiger charge is -2.28. The number of hydrogen-bond acceptors (Lipinski definition) is 3. The van der Waals surface area contributed by atoms with E-state index in [4.69, 9.17) is 5.73 Å². The summed E-state index contributed by atoms with van der Waals surface area (Å²) >= 11 is 0. The van der Waals surface area contributed by atoms with E-state index in [0.29, 0.717) is 6.04 Å². The van der Waals surface area contributed by atoms with Crippen LogP contribution in [0.3, 0.4) is 0 Å². The molecule has 0 saturated heterocycles. The number of aryl methyl sites for hydroxylation is 1. The number of nitrogens with one attached hydrogen (secondary N) is 1. The standard InChI is InChI=1S/C14H17N3O/c1-17-13-6-5-9(15)7-11(13)12(8-14(17)18)16-10-3-2-4-10/h5-8,10,16H,2-4,15H2,1H3. The molecule has 0 radical (unpaired) electrons. The second-order valence-electron chi connectivity index (χ2n) is 5.00. The van der Waals surface area contributed by atoms with E-state index < -0.39 is 0 Å². The van der Waals surface area contributed by atoms with Crippen molar-refractivity contribution >= 4 is 22.3 Å². The van der Waals surface area contributed by atoms with E-state index in [1.165, 1.54) is 19.3 Å². The normalized spacial score (nSPS) is 15.6. The Kier molecular flexibility index (Phi) is 2.51. The van der Waals surface area contributed by atoms with Crippen molar-refractivity contribution in [2.75, 3.05) is 11.1 Å². The molecular weight excluding hydrogens is 226 g/mol. The van der Waals surface area contributed by atoms with Crippen LogP contribution in [0.5, 0.6) is 0 Å². The Balaban J connectivity index is 2.19. The number of nitrogen functional groups attached to an aromatic ring is 1. The number of anilines is 2. The minimum absolute atomic E-state index is 0.00842. The van der Waals surface area contributed by atoms with E-state index in [0.717, 1.165) is 22.3 Å². The maximum Gasteiger partial charge on any atom is 0.252 e. The SMILES string of the molecule is Cn1c(=O)cc(NC2CCC2)c2cc(N)ccc21. The van der Waals surface area contributed by atoms with Gasteiger partial charge in [-0.05, 0) is 37.5 Å². The Morgan fingerprint density at radius 3 is 2.78 bits per heavy atom. The molecule has 3 rings (SSSR count). The van der Waals surface area contributed by atoms with Gasteiger partial charge in [0.1, 0.15) is 0 Å². The molecule has 1 aliphatic carbocycles. The summed E-state index contributed by atoms with van der Waals surface area (Å²) < 4.78 is 1.65. The van der Waals surface area contributed by atoms with Crippen LogP contribution >= 0.6 is 0 Å². The predicted octanol–water partition coefficient (Wildman–Crippen LogP) is 2.09. The minimum Gasteiger partial charge on any atom is -0.399 e. The van der Waals surface area contributed by atoms with Crippen LogP contribution in [0.15, 0.2) is 29.1 Å². The zero-order valence-electron chi connectivity index (χ0n) is 10.4. The van der Waals surface area contributed by atoms with Crippen LogP contribution in [-0.4, -0.2) is 10.6 Å². The third-order valence-corrected chi connectivity index (χ3v) is 3.74. The minimum atomic E-state index is 0.00842. The molecule has 0 aliphatic heterocycles. The van der Waals surface area contributed by atoms with Crippen LogP contribution in [0, 0.1) is 0 Å². The fourth-order valence-corrected chi connectivity index (χ4v) is 2.37. The molecule has 0 bridgehead atoms. The first kappa shape index (κ1) is 11.1. The molecule has 0 unspecified atom stereocenters. The molecule has 1 aliphatic rings. The van der Waals surface area contributed by atoms with Gasteiger partial charge in [0.15, 0.2) is 0 Å². The Morgan fingerprint density at radius 2 is 2.11 bits per heavy atom. The molecular formula is C14H17N3O. The zero-order valence-corrected chi connectivity index (χ0v) is 10.4. The predicted molar refractivity (Wildman–Crippen MR) is 74.9 cm³/mol. The first-order valence-electron chi connectivity index (χ1n) is 6.31. The highest BCUT2D eigenvalue weighted by Crippen LogP contribution is 2.28. The molecule has 1 fully saturated rings. The molecule has 0 spiro atoms. The second-order valence-corrected chi connectivity index (χ2v) is 5.00. The van der Waals surface area contributed by atoms with Crippen molar-refractivity contribution in [1.82, 2.24) is 4.57 Å². The Hall–Kier alpha value is -1.97. The summed E-state index contributed by atoms with van der Waals surface area (Å²) in [5.41, 5.74) is 8.39. The molecule has 2 aromatic rings. The topological polar surface area (TPSA) is 60.0 Å². The summed E-state index contributed by atoms with van der Waals surface area (Å²) in [6.07, 6.45) is 3.63. The van der Waals surface area contributed by atoms with E-state index in [1.54, 1.807) is 17.7 Å². The molecule has 0 atom stereocenters. The van der Waals surface area contributed by atoms with E-state index >= 15 is 0 Å². The van der Waals surface area contributed by atoms with Crippen LogP contribution in [0.25, 0.3) is 10.9 Å². The summed E-state index contributed by atoms with van der Waals surface area (Å²) in [4.78, 5) is 11.9. The van der Waals surface area contributed by atoms with Gasteiger partial charge in [-0.25, -0.2) is 0 Å². The number of benzene rings is 1. The molecule has 1 heterocycles. The van der Waals surface area contributed by atoms with E-state index in [9.17, 15) is 4.79 Å². The molecule has 4 nitrogen and oxygen atoms in total. The smallest absolute Gasteiger partial charge is 0.252 e. The van der Waals surface area contributed by atoms with Gasteiger partial charge in [0.05, 0.1) is 5.52 Å². The van der Waals surface area contributed by atoms with E-state index in [2.05, 4.69) is 5.32 Å². The molecule has 94 valence electrons. The molecule has 3 N–H and O–H groups in total. The quantitative estimate of drug-likeness (QED) is 0.794. The summed E-state index contributed by atoms with van der Waals surface area (Å²) in [5, 5.41) is 4.47. The first-order valence-corrected chi connectivity index (χ1v) is 6.31. The van der Waals surface area contributed by atoms with Crippen LogP contribution in [-0.2, 0) is 7.05 Å². The lowest BCUT2D eigenvalue weighted by atomic mass is 9.93. The lowest BCUT2D eigenvalue weighted by Crippen LogP contribution is -2.28. The highest BCUT2D eigenvalue weighted by molar-refractivity contribution is 5.93. The van der Waals surface area contributed by atoms with Crippen LogP contribution in [0.4, 0.5) is 11.4 Å². The number of nitrogens with two attached hydrogens (primary N) is 1. The van der Waals surface area contributed by atoms with Gasteiger partial charge in [-0.3, -0.25) is 4.79 Å². The van der Waals surface area contributed by atoms with Crippen LogP contribution in [0.1, 0.15) is 19.3 Å². The van der Waals surface area contributed by atoms with Gasteiger partial charge in [-0.2, -0.15) is 0 Å². The van der Waals surface area contributed by atoms with Crippen molar-refractivity contribution in [2.24, 2.45) is 7.05 Å². The Bertz CT molecular complexity index is 656. The number of fused-ring (bicyclic) bond motifs is 1. The number of pyridine rings is 1. The molecule has 1 saturated carbocycles. The van der Waals surface area contributed by atoms with Gasteiger partial charge in [0.25, 0.3) is 5.56 Å². The second kappa shape index (κ2) is 4.05. The van der Waals surface area contributed by atoms with Crippen molar-refractivity contribution in [2.45, 2.75) is 25.3 Å². The van der Waals surface area contributed by atoms with Crippen molar-refractivity contribution < 1.29 is 0 Å². The zero-order chi connectivity index (χ0) is 12.7. The summed E-state index contributed by atoms with van der Waals surface area (Å²) in [5.74, 6) is 0. The molecule has 4 heteroatoms. The first-order chi connectivity index (χ1) is 8.65. The van der Waals surface area contributed by atoms with Gasteiger partial charge >= 0.3 is 0 Å². The van der Waals surface area contributed by atoms with Gasteiger partial charge in [0, 0.05) is 35.9 Å². The fraction of sp³-hybridized carbons (Fsp3) is 0.357. The average molecular weight is 243 g/mol. The summed E-state index contributed by atoms with van der Waals surface area (Å²) in [6, 6.07) is 7.82. The fourth-order valence-electron chi connectivity index (χ4n) is 2.37. The van der Waals surface area contributed by atoms with Crippen molar-refractivity contribution in [3.05, 3.63) is 34.6 Å². The number of rotatable bonds is 2. The van der Waals surface area contributed by atoms with Gasteiger partial charge in [-0.1, -0.05) is 0 Å². The molecule has 0 amide bonds. The Morgan fingerprint density at radius 1 is 1.33 bits per heavy atom. The van der Waals surface area contributed by atoms with Crippen molar-refractivity contribution in [3.8, 4) is 0 Å². The summed E-state index contributed by atoms with van der Waals surface area (Å²) in [6.45, 7) is 0. The number of aromatic nitrogens is 1. The lowest BCUT2D eigenvalue weighted by molar-refractivity contribution is 0.446. The monoisotopic (exact) mass is 243 g/mol. The maximum absolute atomic E-state index is 11.9. The number of nitrogens with zero attached hydrogens (tertiary/aromatic N) is 1. The highest BCUT2D eigenvalue weighted by atomic mass is 16.1. The summed E-state index contributed by atoms with van der Waals surface area (Å²) in [7, 11) is 1.79. The van der Waals surface area contributed by atoms with E-state index in [1.807, 2.05) is 18.2 Å². The highest BCUT2D eigenvalue weighted by Gasteiger charge is 2.18. The van der Waals surface area contributed by atoms with Gasteiger partial charge < -0.3 is 15.6 Å². The number of hydrogen-bond donors (Lipinski definition) is 2. The molecule has 18 heavy (non-hydrogen) atoms. The van der Waals surface area contributed by atoms with Gasteiger partial charge in [-0.15, -0.1) is 0 Å². The van der Waals surface area contributed by atoms with E-state index in [-0.39, 0.29) is 5.56 Å². The Labute approximate surface area is 105 Å². The maximum atomic E-state index is 11.9. The largest absolute Gasteiger partial charge is 0.399 e. The molecule has 1 aromatic carbocycles. The van der Waals surface area contributed by atoms with Crippen molar-refractivity contribution in [3.63, 3.8) is 0 Å². The van der Waals surface area contributed by atoms with Crippen LogP contribution < -0.4 is 16.6 Å². The molecule has 1 aromatic heterocycles. The van der Waals surface area contributed by atoms with Gasteiger partial charge in [0.2, 0.25) is 0 Å². The van der Waals surface area contributed by atoms with Crippen LogP contribution in [0.2, 0.25) is 0 Å². The third-order valence-electron chi connectivity index (χ3n) is 3.74. The average Bonchev–Trinajstić information content (AvgIpc) is 2.29. The third kappa shape index (κ3) is 1.74. The van der Waals surface area contributed by atoms with Crippen molar-refractivity contribution in [1.29, 1.82) is 0 Å².